The van der Waals surface area contributed by atoms with Gasteiger partial charge in [0.15, 0.2) is 0 Å². The Morgan fingerprint density at radius 1 is 0.868 bits per heavy atom. The van der Waals surface area contributed by atoms with Crippen molar-refractivity contribution < 1.29 is 9.53 Å². The lowest BCUT2D eigenvalue weighted by atomic mass is 10.0. The summed E-state index contributed by atoms with van der Waals surface area (Å²) in [4.78, 5) is 25.9. The molecule has 4 N–H and O–H groups in total. The number of nitrogens with two attached hydrogens (primary N) is 1. The number of anilines is 1. The molecule has 0 saturated carbocycles. The standard InChI is InChI=1S/C28H22N6O2.C2H6/c29-25(21-11-5-4-10-20(21)18-14-16-31-17-15-18)36-28(30)34-26-27(35)32-23-13-7-6-12-22(23)24(33-26)19-8-2-1-3-9-19;1-2/h1-17,26,29H,(H2,30,34)(H,32,35);1-2H3. The van der Waals surface area contributed by atoms with Crippen molar-refractivity contribution in [2.75, 3.05) is 5.32 Å². The van der Waals surface area contributed by atoms with Gasteiger partial charge in [-0.15, -0.1) is 0 Å². The van der Waals surface area contributed by atoms with E-state index >= 15 is 0 Å². The first-order valence-electron chi connectivity index (χ1n) is 12.2. The molecule has 8 nitrogen and oxygen atoms in total. The molecule has 1 aliphatic heterocycles. The molecule has 3 aromatic carbocycles. The predicted octanol–water partition coefficient (Wildman–Crippen LogP) is 5.25. The summed E-state index contributed by atoms with van der Waals surface area (Å²) in [6.07, 6.45) is 2.16. The predicted molar refractivity (Wildman–Crippen MR) is 151 cm³/mol. The van der Waals surface area contributed by atoms with Gasteiger partial charge in [-0.3, -0.25) is 15.2 Å². The molecule has 8 heteroatoms. The number of amidine groups is 1. The van der Waals surface area contributed by atoms with Gasteiger partial charge in [0.05, 0.1) is 11.4 Å². The highest BCUT2D eigenvalue weighted by atomic mass is 16.5. The molecule has 2 heterocycles. The number of nitrogens with zero attached hydrogens (tertiary/aromatic N) is 3. The van der Waals surface area contributed by atoms with Crippen molar-refractivity contribution >= 4 is 29.2 Å². The van der Waals surface area contributed by atoms with E-state index in [0.29, 0.717) is 17.0 Å². The molecular formula is C30H28N6O2. The molecular weight excluding hydrogens is 476 g/mol. The van der Waals surface area contributed by atoms with Crippen molar-refractivity contribution in [2.24, 2.45) is 15.7 Å². The van der Waals surface area contributed by atoms with Gasteiger partial charge in [-0.1, -0.05) is 80.6 Å². The Labute approximate surface area is 221 Å². The lowest BCUT2D eigenvalue weighted by molar-refractivity contribution is -0.117. The van der Waals surface area contributed by atoms with Gasteiger partial charge in [-0.05, 0) is 35.4 Å². The minimum Gasteiger partial charge on any atom is -0.407 e. The largest absolute Gasteiger partial charge is 0.407 e. The summed E-state index contributed by atoms with van der Waals surface area (Å²) in [6, 6.07) is 27.6. The van der Waals surface area contributed by atoms with Gasteiger partial charge < -0.3 is 15.8 Å². The number of carbonyl (C=O) groups excluding carboxylic acids is 1. The summed E-state index contributed by atoms with van der Waals surface area (Å²) in [7, 11) is 0. The molecule has 0 radical (unpaired) electrons. The number of hydrogen-bond donors (Lipinski definition) is 3. The molecule has 4 aromatic rings. The smallest absolute Gasteiger partial charge is 0.291 e. The normalized spacial score (nSPS) is 14.6. The van der Waals surface area contributed by atoms with Crippen LogP contribution in [-0.2, 0) is 9.53 Å². The van der Waals surface area contributed by atoms with Crippen LogP contribution >= 0.6 is 0 Å². The number of nitrogens with one attached hydrogen (secondary N) is 2. The van der Waals surface area contributed by atoms with E-state index in [0.717, 1.165) is 22.3 Å². The molecule has 0 aliphatic carbocycles. The summed E-state index contributed by atoms with van der Waals surface area (Å²) in [5.74, 6) is -0.656. The van der Waals surface area contributed by atoms with Crippen LogP contribution in [0.25, 0.3) is 11.1 Å². The monoisotopic (exact) mass is 504 g/mol. The fourth-order valence-corrected chi connectivity index (χ4v) is 3.93. The molecule has 190 valence electrons. The minimum atomic E-state index is -1.20. The van der Waals surface area contributed by atoms with E-state index in [9.17, 15) is 4.79 Å². The van der Waals surface area contributed by atoms with Gasteiger partial charge in [0.1, 0.15) is 0 Å². The lowest BCUT2D eigenvalue weighted by Gasteiger charge is -2.12. The number of carbonyl (C=O) groups is 1. The third-order valence-corrected chi connectivity index (χ3v) is 5.59. The summed E-state index contributed by atoms with van der Waals surface area (Å²) in [5, 5.41) is 11.4. The molecule has 0 spiro atoms. The molecule has 0 saturated heterocycles. The number of para-hydroxylation sites is 1. The number of amides is 1. The Morgan fingerprint density at radius 2 is 1.50 bits per heavy atom. The van der Waals surface area contributed by atoms with E-state index in [4.69, 9.17) is 15.9 Å². The Morgan fingerprint density at radius 3 is 2.24 bits per heavy atom. The number of ether oxygens (including phenoxy) is 1. The van der Waals surface area contributed by atoms with Crippen LogP contribution in [0.4, 0.5) is 5.69 Å². The maximum Gasteiger partial charge on any atom is 0.291 e. The van der Waals surface area contributed by atoms with Crippen LogP contribution in [0.15, 0.2) is 113 Å². The second-order valence-electron chi connectivity index (χ2n) is 7.93. The van der Waals surface area contributed by atoms with E-state index in [1.165, 1.54) is 0 Å². The highest BCUT2D eigenvalue weighted by molar-refractivity contribution is 6.19. The SMILES string of the molecule is CC.N=C(O/C(N)=N/C1N=C(c2ccccc2)c2ccccc2NC1=O)c1ccccc1-c1ccncc1. The van der Waals surface area contributed by atoms with Crippen LogP contribution in [0.3, 0.4) is 0 Å². The topological polar surface area (TPSA) is 126 Å². The molecule has 1 aromatic heterocycles. The van der Waals surface area contributed by atoms with Crippen LogP contribution < -0.4 is 11.1 Å². The highest BCUT2D eigenvalue weighted by Crippen LogP contribution is 2.25. The van der Waals surface area contributed by atoms with E-state index in [-0.39, 0.29) is 11.9 Å². The van der Waals surface area contributed by atoms with E-state index < -0.39 is 12.1 Å². The Bertz CT molecular complexity index is 1480. The Kier molecular flexibility index (Phi) is 8.35. The third-order valence-electron chi connectivity index (χ3n) is 5.59. The first-order chi connectivity index (χ1) is 18.6. The zero-order chi connectivity index (χ0) is 26.9. The fraction of sp³-hybridized carbons (Fsp3) is 0.100. The maximum atomic E-state index is 13.0. The van der Waals surface area contributed by atoms with Crippen molar-refractivity contribution in [3.05, 3.63) is 120 Å². The summed E-state index contributed by atoms with van der Waals surface area (Å²) >= 11 is 0. The number of aromatic nitrogens is 1. The molecule has 38 heavy (non-hydrogen) atoms. The lowest BCUT2D eigenvalue weighted by Crippen LogP contribution is -2.29. The van der Waals surface area contributed by atoms with Gasteiger partial charge >= 0.3 is 0 Å². The Balaban J connectivity index is 0.00000164. The zero-order valence-corrected chi connectivity index (χ0v) is 21.1. The van der Waals surface area contributed by atoms with Crippen molar-refractivity contribution in [3.63, 3.8) is 0 Å². The summed E-state index contributed by atoms with van der Waals surface area (Å²) in [6.45, 7) is 4.00. The number of rotatable bonds is 4. The summed E-state index contributed by atoms with van der Waals surface area (Å²) in [5.41, 5.74) is 11.1. The molecule has 1 unspecified atom stereocenters. The molecule has 0 bridgehead atoms. The van der Waals surface area contributed by atoms with Gasteiger partial charge in [-0.2, -0.15) is 4.99 Å². The highest BCUT2D eigenvalue weighted by Gasteiger charge is 2.26. The maximum absolute atomic E-state index is 13.0. The third kappa shape index (κ3) is 5.82. The average molecular weight is 505 g/mol. The van der Waals surface area contributed by atoms with E-state index in [1.807, 2.05) is 92.7 Å². The average Bonchev–Trinajstić information content (AvgIpc) is 3.11. The summed E-state index contributed by atoms with van der Waals surface area (Å²) < 4.78 is 5.55. The number of pyridine rings is 1. The van der Waals surface area contributed by atoms with Crippen molar-refractivity contribution in [3.8, 4) is 11.1 Å². The number of fused-ring (bicyclic) bond motifs is 1. The van der Waals surface area contributed by atoms with Gasteiger partial charge in [0.25, 0.3) is 11.9 Å². The van der Waals surface area contributed by atoms with Crippen molar-refractivity contribution in [1.82, 2.24) is 4.98 Å². The minimum absolute atomic E-state index is 0.201. The van der Waals surface area contributed by atoms with Crippen LogP contribution in [0.5, 0.6) is 0 Å². The first kappa shape index (κ1) is 26.0. The van der Waals surface area contributed by atoms with E-state index in [1.54, 1.807) is 24.5 Å². The number of hydrogen-bond acceptors (Lipinski definition) is 6. The number of aliphatic imine (C=N–C) groups is 2. The van der Waals surface area contributed by atoms with Crippen molar-refractivity contribution in [1.29, 1.82) is 5.41 Å². The fourth-order valence-electron chi connectivity index (χ4n) is 3.93. The molecule has 5 rings (SSSR count). The van der Waals surface area contributed by atoms with Crippen molar-refractivity contribution in [2.45, 2.75) is 20.0 Å². The quantitative estimate of drug-likeness (QED) is 0.259. The Hall–Kier alpha value is -5.11. The van der Waals surface area contributed by atoms with Crippen LogP contribution in [0, 0.1) is 5.41 Å². The number of benzodiazepines with no additional fused rings is 1. The second-order valence-corrected chi connectivity index (χ2v) is 7.93. The van der Waals surface area contributed by atoms with E-state index in [2.05, 4.69) is 20.3 Å². The van der Waals surface area contributed by atoms with Crippen LogP contribution in [0.1, 0.15) is 30.5 Å². The van der Waals surface area contributed by atoms with Gasteiger partial charge in [0, 0.05) is 29.1 Å². The molecule has 1 amide bonds. The van der Waals surface area contributed by atoms with Crippen LogP contribution in [-0.4, -0.2) is 34.7 Å². The van der Waals surface area contributed by atoms with Gasteiger partial charge in [0.2, 0.25) is 12.1 Å². The molecule has 1 atom stereocenters. The molecule has 0 fully saturated rings. The van der Waals surface area contributed by atoms with Gasteiger partial charge in [-0.25, -0.2) is 4.99 Å². The second kappa shape index (κ2) is 12.2. The molecule has 1 aliphatic rings. The van der Waals surface area contributed by atoms with Crippen LogP contribution in [0.2, 0.25) is 0 Å². The number of benzene rings is 3. The first-order valence-corrected chi connectivity index (χ1v) is 12.2. The zero-order valence-electron chi connectivity index (χ0n) is 21.1.